The molecule has 1 aromatic rings. The number of para-hydroxylation sites is 2. The van der Waals surface area contributed by atoms with Crippen LogP contribution in [-0.2, 0) is 9.53 Å². The van der Waals surface area contributed by atoms with Crippen LogP contribution in [0.2, 0.25) is 0 Å². The minimum Gasteiger partial charge on any atom is -0.495 e. The zero-order valence-corrected chi connectivity index (χ0v) is 11.2. The summed E-state index contributed by atoms with van der Waals surface area (Å²) in [6.07, 6.45) is 0. The minimum atomic E-state index is -0.346. The van der Waals surface area contributed by atoms with Crippen LogP contribution >= 0.6 is 12.2 Å². The second-order valence-electron chi connectivity index (χ2n) is 3.31. The fourth-order valence-electron chi connectivity index (χ4n) is 1.28. The first-order valence-corrected chi connectivity index (χ1v) is 5.91. The van der Waals surface area contributed by atoms with Crippen LogP contribution in [0.25, 0.3) is 0 Å². The summed E-state index contributed by atoms with van der Waals surface area (Å²) in [6.45, 7) is 2.14. The van der Waals surface area contributed by atoms with E-state index in [-0.39, 0.29) is 12.5 Å². The Hall–Kier alpha value is -1.82. The van der Waals surface area contributed by atoms with Gasteiger partial charge in [-0.15, -0.1) is 0 Å². The third-order valence-electron chi connectivity index (χ3n) is 2.05. The molecule has 0 saturated carbocycles. The topological polar surface area (TPSA) is 59.6 Å². The zero-order valence-electron chi connectivity index (χ0n) is 10.4. The van der Waals surface area contributed by atoms with E-state index in [4.69, 9.17) is 21.7 Å². The third-order valence-corrected chi connectivity index (χ3v) is 2.30. The third kappa shape index (κ3) is 4.58. The molecule has 0 radical (unpaired) electrons. The molecule has 5 nitrogen and oxygen atoms in total. The smallest absolute Gasteiger partial charge is 0.325 e. The highest BCUT2D eigenvalue weighted by Gasteiger charge is 2.05. The second kappa shape index (κ2) is 7.50. The molecule has 0 bridgehead atoms. The molecule has 0 heterocycles. The second-order valence-corrected chi connectivity index (χ2v) is 3.72. The summed E-state index contributed by atoms with van der Waals surface area (Å²) in [5.74, 6) is 0.333. The number of nitrogens with one attached hydrogen (secondary N) is 2. The van der Waals surface area contributed by atoms with Crippen molar-refractivity contribution in [3.05, 3.63) is 24.3 Å². The van der Waals surface area contributed by atoms with E-state index in [2.05, 4.69) is 10.6 Å². The van der Waals surface area contributed by atoms with E-state index in [9.17, 15) is 4.79 Å². The number of carbonyl (C=O) groups excluding carboxylic acids is 1. The van der Waals surface area contributed by atoms with E-state index in [1.807, 2.05) is 24.3 Å². The monoisotopic (exact) mass is 268 g/mol. The summed E-state index contributed by atoms with van der Waals surface area (Å²) < 4.78 is 9.94. The molecule has 0 fully saturated rings. The fourth-order valence-corrected chi connectivity index (χ4v) is 1.46. The molecule has 1 aromatic carbocycles. The number of rotatable bonds is 5. The van der Waals surface area contributed by atoms with Gasteiger partial charge in [0.1, 0.15) is 12.3 Å². The van der Waals surface area contributed by atoms with E-state index in [1.165, 1.54) is 0 Å². The van der Waals surface area contributed by atoms with Gasteiger partial charge in [-0.1, -0.05) is 12.1 Å². The normalized spacial score (nSPS) is 9.44. The van der Waals surface area contributed by atoms with Crippen molar-refractivity contribution in [2.24, 2.45) is 0 Å². The molecule has 6 heteroatoms. The maximum atomic E-state index is 11.1. The van der Waals surface area contributed by atoms with Gasteiger partial charge >= 0.3 is 5.97 Å². The molecule has 0 spiro atoms. The van der Waals surface area contributed by atoms with E-state index in [0.29, 0.717) is 17.5 Å². The van der Waals surface area contributed by atoms with Gasteiger partial charge in [-0.25, -0.2) is 0 Å². The Morgan fingerprint density at radius 1 is 1.39 bits per heavy atom. The van der Waals surface area contributed by atoms with Crippen LogP contribution in [0.5, 0.6) is 5.75 Å². The average molecular weight is 268 g/mol. The van der Waals surface area contributed by atoms with Crippen LogP contribution in [0.4, 0.5) is 5.69 Å². The highest BCUT2D eigenvalue weighted by Crippen LogP contribution is 2.22. The highest BCUT2D eigenvalue weighted by atomic mass is 32.1. The molecule has 0 aromatic heterocycles. The maximum Gasteiger partial charge on any atom is 0.325 e. The summed E-state index contributed by atoms with van der Waals surface area (Å²) in [7, 11) is 1.58. The fraction of sp³-hybridized carbons (Fsp3) is 0.333. The van der Waals surface area contributed by atoms with Crippen molar-refractivity contribution in [3.63, 3.8) is 0 Å². The van der Waals surface area contributed by atoms with Crippen LogP contribution in [0, 0.1) is 0 Å². The first-order chi connectivity index (χ1) is 8.67. The summed E-state index contributed by atoms with van der Waals surface area (Å²) in [5, 5.41) is 6.04. The molecule has 0 aliphatic rings. The van der Waals surface area contributed by atoms with E-state index < -0.39 is 0 Å². The first kappa shape index (κ1) is 14.2. The van der Waals surface area contributed by atoms with E-state index >= 15 is 0 Å². The number of methoxy groups -OCH3 is 1. The lowest BCUT2D eigenvalue weighted by molar-refractivity contribution is -0.141. The number of thiocarbonyl (C=S) groups is 1. The van der Waals surface area contributed by atoms with Crippen molar-refractivity contribution < 1.29 is 14.3 Å². The Kier molecular flexibility index (Phi) is 5.93. The van der Waals surface area contributed by atoms with Gasteiger partial charge < -0.3 is 20.1 Å². The van der Waals surface area contributed by atoms with Crippen LogP contribution < -0.4 is 15.4 Å². The SMILES string of the molecule is CCOC(=O)CNC(=S)Nc1ccccc1OC. The van der Waals surface area contributed by atoms with Gasteiger partial charge in [0.05, 0.1) is 19.4 Å². The Morgan fingerprint density at radius 2 is 2.11 bits per heavy atom. The Balaban J connectivity index is 2.47. The largest absolute Gasteiger partial charge is 0.495 e. The minimum absolute atomic E-state index is 0.0365. The number of carbonyl (C=O) groups is 1. The van der Waals surface area contributed by atoms with Gasteiger partial charge in [0, 0.05) is 0 Å². The molecular weight excluding hydrogens is 252 g/mol. The molecule has 0 amide bonds. The molecule has 0 atom stereocenters. The molecule has 0 saturated heterocycles. The van der Waals surface area contributed by atoms with Crippen molar-refractivity contribution in [1.82, 2.24) is 5.32 Å². The van der Waals surface area contributed by atoms with Crippen molar-refractivity contribution in [1.29, 1.82) is 0 Å². The van der Waals surface area contributed by atoms with Gasteiger partial charge in [0.25, 0.3) is 0 Å². The van der Waals surface area contributed by atoms with Crippen molar-refractivity contribution in [2.45, 2.75) is 6.92 Å². The van der Waals surface area contributed by atoms with Crippen LogP contribution in [0.1, 0.15) is 6.92 Å². The predicted molar refractivity (Wildman–Crippen MR) is 73.9 cm³/mol. The number of esters is 1. The first-order valence-electron chi connectivity index (χ1n) is 5.50. The lowest BCUT2D eigenvalue weighted by Gasteiger charge is -2.12. The van der Waals surface area contributed by atoms with Gasteiger partial charge in [0.2, 0.25) is 0 Å². The zero-order chi connectivity index (χ0) is 13.4. The number of anilines is 1. The number of ether oxygens (including phenoxy) is 2. The molecule has 0 unspecified atom stereocenters. The molecule has 2 N–H and O–H groups in total. The molecule has 18 heavy (non-hydrogen) atoms. The Morgan fingerprint density at radius 3 is 2.78 bits per heavy atom. The molecule has 0 aliphatic carbocycles. The van der Waals surface area contributed by atoms with Crippen LogP contribution in [0.3, 0.4) is 0 Å². The average Bonchev–Trinajstić information content (AvgIpc) is 2.37. The summed E-state index contributed by atoms with van der Waals surface area (Å²) in [4.78, 5) is 11.1. The van der Waals surface area contributed by atoms with Gasteiger partial charge in [-0.3, -0.25) is 4.79 Å². The molecular formula is C12H16N2O3S. The number of benzene rings is 1. The standard InChI is InChI=1S/C12H16N2O3S/c1-3-17-11(15)8-13-12(18)14-9-6-4-5-7-10(9)16-2/h4-7H,3,8H2,1-2H3,(H2,13,14,18). The lowest BCUT2D eigenvalue weighted by Crippen LogP contribution is -2.33. The van der Waals surface area contributed by atoms with Crippen molar-refractivity contribution in [3.8, 4) is 5.75 Å². The Labute approximate surface area is 111 Å². The highest BCUT2D eigenvalue weighted by molar-refractivity contribution is 7.80. The van der Waals surface area contributed by atoms with E-state index in [1.54, 1.807) is 14.0 Å². The quantitative estimate of drug-likeness (QED) is 0.624. The summed E-state index contributed by atoms with van der Waals surface area (Å²) in [6, 6.07) is 7.37. The molecule has 1 rings (SSSR count). The van der Waals surface area contributed by atoms with Gasteiger partial charge in [0.15, 0.2) is 5.11 Å². The van der Waals surface area contributed by atoms with Gasteiger partial charge in [-0.05, 0) is 31.3 Å². The van der Waals surface area contributed by atoms with Crippen molar-refractivity contribution in [2.75, 3.05) is 25.6 Å². The Bertz CT molecular complexity index is 424. The van der Waals surface area contributed by atoms with Gasteiger partial charge in [-0.2, -0.15) is 0 Å². The van der Waals surface area contributed by atoms with E-state index in [0.717, 1.165) is 5.69 Å². The lowest BCUT2D eigenvalue weighted by atomic mass is 10.3. The molecule has 98 valence electrons. The van der Waals surface area contributed by atoms with Crippen molar-refractivity contribution >= 4 is 29.0 Å². The predicted octanol–water partition coefficient (Wildman–Crippen LogP) is 1.54. The summed E-state index contributed by atoms with van der Waals surface area (Å²) >= 11 is 5.06. The van der Waals surface area contributed by atoms with Crippen LogP contribution in [-0.4, -0.2) is 31.3 Å². The maximum absolute atomic E-state index is 11.1. The molecule has 0 aliphatic heterocycles. The van der Waals surface area contributed by atoms with Crippen LogP contribution in [0.15, 0.2) is 24.3 Å². The summed E-state index contributed by atoms with van der Waals surface area (Å²) in [5.41, 5.74) is 0.737. The number of hydrogen-bond donors (Lipinski definition) is 2. The number of hydrogen-bond acceptors (Lipinski definition) is 4.